The molecule has 0 unspecified atom stereocenters. The summed E-state index contributed by atoms with van der Waals surface area (Å²) in [5.41, 5.74) is 2.38. The quantitative estimate of drug-likeness (QED) is 0.657. The molecule has 4 rings (SSSR count). The van der Waals surface area contributed by atoms with Gasteiger partial charge in [-0.15, -0.1) is 0 Å². The number of nitrogens with one attached hydrogen (secondary N) is 1. The van der Waals surface area contributed by atoms with Crippen molar-refractivity contribution in [2.75, 3.05) is 23.5 Å². The molecular weight excluding hydrogens is 358 g/mol. The van der Waals surface area contributed by atoms with Crippen LogP contribution in [0.4, 0.5) is 16.2 Å². The smallest absolute Gasteiger partial charge is 0.335 e. The number of carbonyl (C=O) groups is 3. The monoisotopic (exact) mass is 377 g/mol. The van der Waals surface area contributed by atoms with Crippen LogP contribution < -0.4 is 19.9 Å². The molecular formula is C21H19N3O4. The highest BCUT2D eigenvalue weighted by Crippen LogP contribution is 2.29. The van der Waals surface area contributed by atoms with Gasteiger partial charge in [0.2, 0.25) is 0 Å². The SMILES string of the molecule is COc1cccc(N2C(=O)NC(=O)C(=CN3CCCc4ccccc43)C2=O)c1. The number of hydrogen-bond acceptors (Lipinski definition) is 5. The molecule has 142 valence electrons. The minimum Gasteiger partial charge on any atom is -0.497 e. The molecule has 7 heteroatoms. The van der Waals surface area contributed by atoms with E-state index in [1.165, 1.54) is 13.3 Å². The number of carbonyl (C=O) groups excluding carboxylic acids is 3. The number of fused-ring (bicyclic) bond motifs is 1. The molecule has 0 aromatic heterocycles. The molecule has 0 radical (unpaired) electrons. The number of rotatable bonds is 3. The van der Waals surface area contributed by atoms with Crippen LogP contribution in [0, 0.1) is 0 Å². The Labute approximate surface area is 162 Å². The van der Waals surface area contributed by atoms with E-state index in [0.717, 1.165) is 29.0 Å². The van der Waals surface area contributed by atoms with Gasteiger partial charge in [-0.2, -0.15) is 0 Å². The Morgan fingerprint density at radius 3 is 2.71 bits per heavy atom. The molecule has 0 saturated carbocycles. The van der Waals surface area contributed by atoms with Gasteiger partial charge < -0.3 is 9.64 Å². The third kappa shape index (κ3) is 3.11. The average molecular weight is 377 g/mol. The molecule has 0 bridgehead atoms. The van der Waals surface area contributed by atoms with Gasteiger partial charge in [0.05, 0.1) is 12.8 Å². The molecule has 2 aliphatic rings. The van der Waals surface area contributed by atoms with Gasteiger partial charge in [-0.05, 0) is 36.6 Å². The van der Waals surface area contributed by atoms with E-state index >= 15 is 0 Å². The number of ether oxygens (including phenoxy) is 1. The van der Waals surface area contributed by atoms with Crippen molar-refractivity contribution >= 4 is 29.2 Å². The van der Waals surface area contributed by atoms with Crippen LogP contribution >= 0.6 is 0 Å². The highest BCUT2D eigenvalue weighted by molar-refractivity contribution is 6.37. The summed E-state index contributed by atoms with van der Waals surface area (Å²) in [6.45, 7) is 0.689. The number of benzene rings is 2. The maximum Gasteiger partial charge on any atom is 0.335 e. The third-order valence-corrected chi connectivity index (χ3v) is 4.84. The molecule has 2 aromatic carbocycles. The van der Waals surface area contributed by atoms with Gasteiger partial charge in [-0.25, -0.2) is 9.69 Å². The molecule has 2 aromatic rings. The number of hydrogen-bond donors (Lipinski definition) is 1. The zero-order valence-electron chi connectivity index (χ0n) is 15.3. The van der Waals surface area contributed by atoms with Gasteiger partial charge in [0.15, 0.2) is 0 Å². The number of para-hydroxylation sites is 1. The summed E-state index contributed by atoms with van der Waals surface area (Å²) in [6, 6.07) is 13.7. The number of nitrogens with zero attached hydrogens (tertiary/aromatic N) is 2. The minimum atomic E-state index is -0.778. The fourth-order valence-electron chi connectivity index (χ4n) is 3.48. The first-order valence-corrected chi connectivity index (χ1v) is 8.98. The number of anilines is 2. The summed E-state index contributed by atoms with van der Waals surface area (Å²) in [4.78, 5) is 40.6. The second-order valence-corrected chi connectivity index (χ2v) is 6.57. The lowest BCUT2D eigenvalue weighted by atomic mass is 10.0. The van der Waals surface area contributed by atoms with Gasteiger partial charge in [0.1, 0.15) is 11.3 Å². The normalized spacial score (nSPS) is 18.2. The van der Waals surface area contributed by atoms with Crippen LogP contribution in [0.2, 0.25) is 0 Å². The molecule has 28 heavy (non-hydrogen) atoms. The Bertz CT molecular complexity index is 999. The molecule has 4 amide bonds. The largest absolute Gasteiger partial charge is 0.497 e. The molecule has 0 atom stereocenters. The van der Waals surface area contributed by atoms with Crippen LogP contribution in [0.1, 0.15) is 12.0 Å². The molecule has 1 fully saturated rings. The lowest BCUT2D eigenvalue weighted by molar-refractivity contribution is -0.122. The molecule has 0 spiro atoms. The van der Waals surface area contributed by atoms with Gasteiger partial charge >= 0.3 is 6.03 Å². The van der Waals surface area contributed by atoms with E-state index in [4.69, 9.17) is 4.74 Å². The topological polar surface area (TPSA) is 79.0 Å². The number of urea groups is 1. The van der Waals surface area contributed by atoms with E-state index in [-0.39, 0.29) is 5.57 Å². The van der Waals surface area contributed by atoms with Crippen LogP contribution in [0.3, 0.4) is 0 Å². The summed E-state index contributed by atoms with van der Waals surface area (Å²) in [7, 11) is 1.50. The molecule has 2 heterocycles. The second kappa shape index (κ2) is 7.19. The van der Waals surface area contributed by atoms with Crippen LogP contribution in [-0.4, -0.2) is 31.5 Å². The zero-order chi connectivity index (χ0) is 19.7. The second-order valence-electron chi connectivity index (χ2n) is 6.57. The number of methoxy groups -OCH3 is 1. The van der Waals surface area contributed by atoms with Gasteiger partial charge in [0.25, 0.3) is 11.8 Å². The van der Waals surface area contributed by atoms with Crippen LogP contribution in [0.15, 0.2) is 60.3 Å². The first kappa shape index (κ1) is 17.8. The molecule has 1 saturated heterocycles. The predicted octanol–water partition coefficient (Wildman–Crippen LogP) is 2.61. The van der Waals surface area contributed by atoms with Crippen molar-refractivity contribution < 1.29 is 19.1 Å². The van der Waals surface area contributed by atoms with Crippen molar-refractivity contribution in [1.82, 2.24) is 5.32 Å². The summed E-state index contributed by atoms with van der Waals surface area (Å²) in [5.74, 6) is -0.854. The predicted molar refractivity (Wildman–Crippen MR) is 104 cm³/mol. The van der Waals surface area contributed by atoms with Crippen LogP contribution in [0.5, 0.6) is 5.75 Å². The molecule has 2 aliphatic heterocycles. The zero-order valence-corrected chi connectivity index (χ0v) is 15.3. The Morgan fingerprint density at radius 1 is 1.07 bits per heavy atom. The van der Waals surface area contributed by atoms with E-state index in [1.54, 1.807) is 24.3 Å². The molecule has 7 nitrogen and oxygen atoms in total. The number of aryl methyl sites for hydroxylation is 1. The van der Waals surface area contributed by atoms with Crippen molar-refractivity contribution in [1.29, 1.82) is 0 Å². The van der Waals surface area contributed by atoms with E-state index < -0.39 is 17.8 Å². The van der Waals surface area contributed by atoms with E-state index in [0.29, 0.717) is 18.0 Å². The Morgan fingerprint density at radius 2 is 1.89 bits per heavy atom. The van der Waals surface area contributed by atoms with E-state index in [1.807, 2.05) is 29.2 Å². The number of imide groups is 2. The first-order chi connectivity index (χ1) is 13.6. The van der Waals surface area contributed by atoms with Crippen LogP contribution in [0.25, 0.3) is 0 Å². The minimum absolute atomic E-state index is 0.0841. The fraction of sp³-hybridized carbons (Fsp3) is 0.190. The Balaban J connectivity index is 1.71. The van der Waals surface area contributed by atoms with Crippen molar-refractivity contribution in [2.24, 2.45) is 0 Å². The highest BCUT2D eigenvalue weighted by Gasteiger charge is 2.37. The van der Waals surface area contributed by atoms with Gasteiger partial charge in [-0.3, -0.25) is 14.9 Å². The summed E-state index contributed by atoms with van der Waals surface area (Å²) in [6.07, 6.45) is 3.40. The first-order valence-electron chi connectivity index (χ1n) is 8.98. The number of barbiturate groups is 1. The highest BCUT2D eigenvalue weighted by atomic mass is 16.5. The maximum absolute atomic E-state index is 13.0. The van der Waals surface area contributed by atoms with Crippen LogP contribution in [-0.2, 0) is 16.0 Å². The van der Waals surface area contributed by atoms with Crippen molar-refractivity contribution in [2.45, 2.75) is 12.8 Å². The average Bonchev–Trinajstić information content (AvgIpc) is 2.71. The lowest BCUT2D eigenvalue weighted by Gasteiger charge is -2.31. The van der Waals surface area contributed by atoms with E-state index in [9.17, 15) is 14.4 Å². The third-order valence-electron chi connectivity index (χ3n) is 4.84. The number of amides is 4. The maximum atomic E-state index is 13.0. The standard InChI is InChI=1S/C21H19N3O4/c1-28-16-9-4-8-15(12-16)24-20(26)17(19(25)22-21(24)27)13-23-11-5-7-14-6-2-3-10-18(14)23/h2-4,6,8-10,12-13H,5,7,11H2,1H3,(H,22,25,27). The van der Waals surface area contributed by atoms with Gasteiger partial charge in [-0.1, -0.05) is 24.3 Å². The summed E-state index contributed by atoms with van der Waals surface area (Å²) in [5, 5.41) is 2.25. The van der Waals surface area contributed by atoms with Crippen molar-refractivity contribution in [3.05, 3.63) is 65.9 Å². The van der Waals surface area contributed by atoms with Gasteiger partial charge in [0, 0.05) is 24.5 Å². The van der Waals surface area contributed by atoms with Crippen molar-refractivity contribution in [3.8, 4) is 5.75 Å². The fourth-order valence-corrected chi connectivity index (χ4v) is 3.48. The molecule has 0 aliphatic carbocycles. The Hall–Kier alpha value is -3.61. The summed E-state index contributed by atoms with van der Waals surface area (Å²) < 4.78 is 5.17. The van der Waals surface area contributed by atoms with Crippen molar-refractivity contribution in [3.63, 3.8) is 0 Å². The Kier molecular flexibility index (Phi) is 4.57. The molecule has 1 N–H and O–H groups in total. The summed E-state index contributed by atoms with van der Waals surface area (Å²) >= 11 is 0. The lowest BCUT2D eigenvalue weighted by Crippen LogP contribution is -2.55. The van der Waals surface area contributed by atoms with E-state index in [2.05, 4.69) is 5.32 Å².